The molecule has 3 aromatic rings. The predicted octanol–water partition coefficient (Wildman–Crippen LogP) is 3.45. The van der Waals surface area contributed by atoms with Gasteiger partial charge < -0.3 is 19.5 Å². The predicted molar refractivity (Wildman–Crippen MR) is 128 cm³/mol. The normalized spacial score (nSPS) is 16.0. The molecule has 2 heterocycles. The molecule has 0 unspecified atom stereocenters. The third-order valence-electron chi connectivity index (χ3n) is 6.39. The van der Waals surface area contributed by atoms with Crippen LogP contribution in [0.25, 0.3) is 0 Å². The van der Waals surface area contributed by atoms with Crippen molar-refractivity contribution < 1.29 is 14.1 Å². The van der Waals surface area contributed by atoms with E-state index in [1.807, 2.05) is 36.4 Å². The molecule has 0 saturated carbocycles. The van der Waals surface area contributed by atoms with Gasteiger partial charge in [-0.2, -0.15) is 0 Å². The number of rotatable bonds is 6. The van der Waals surface area contributed by atoms with Gasteiger partial charge >= 0.3 is 0 Å². The number of piperazine rings is 1. The Morgan fingerprint density at radius 1 is 1.00 bits per heavy atom. The van der Waals surface area contributed by atoms with Crippen LogP contribution in [0.15, 0.2) is 77.4 Å². The van der Waals surface area contributed by atoms with Gasteiger partial charge in [-0.05, 0) is 47.4 Å². The molecule has 1 atom stereocenters. The monoisotopic (exact) mass is 432 g/mol. The molecule has 1 saturated heterocycles. The Bertz CT molecular complexity index is 984. The molecule has 1 amide bonds. The van der Waals surface area contributed by atoms with Gasteiger partial charge in [-0.15, -0.1) is 0 Å². The third kappa shape index (κ3) is 5.22. The smallest absolute Gasteiger partial charge is 0.251 e. The van der Waals surface area contributed by atoms with Gasteiger partial charge in [-0.3, -0.25) is 4.79 Å². The number of amides is 1. The Morgan fingerprint density at radius 3 is 2.28 bits per heavy atom. The number of quaternary nitrogens is 1. The molecule has 0 spiro atoms. The zero-order chi connectivity index (χ0) is 22.6. The van der Waals surface area contributed by atoms with Crippen LogP contribution in [-0.2, 0) is 5.41 Å². The first-order valence-corrected chi connectivity index (χ1v) is 11.5. The first-order valence-electron chi connectivity index (χ1n) is 11.5. The molecule has 1 aliphatic rings. The summed E-state index contributed by atoms with van der Waals surface area (Å²) >= 11 is 0. The van der Waals surface area contributed by atoms with Crippen molar-refractivity contribution >= 4 is 11.6 Å². The number of carbonyl (C=O) groups excluding carboxylic acids is 1. The SMILES string of the molecule is CC(C)(C)c1ccc(C(=O)NC[C@@H](c2ccco2)[NH+]2CCN(c3ccccc3)CC2)cc1. The first kappa shape index (κ1) is 22.2. The number of carbonyl (C=O) groups is 1. The molecule has 0 radical (unpaired) electrons. The summed E-state index contributed by atoms with van der Waals surface area (Å²) in [5.41, 5.74) is 3.27. The second-order valence-electron chi connectivity index (χ2n) is 9.59. The minimum atomic E-state index is -0.0377. The lowest BCUT2D eigenvalue weighted by Crippen LogP contribution is -3.15. The summed E-state index contributed by atoms with van der Waals surface area (Å²) < 4.78 is 5.77. The van der Waals surface area contributed by atoms with E-state index < -0.39 is 0 Å². The van der Waals surface area contributed by atoms with Crippen molar-refractivity contribution in [2.75, 3.05) is 37.6 Å². The highest BCUT2D eigenvalue weighted by atomic mass is 16.3. The molecule has 2 aromatic carbocycles. The van der Waals surface area contributed by atoms with Crippen LogP contribution in [0.5, 0.6) is 0 Å². The van der Waals surface area contributed by atoms with Gasteiger partial charge in [0, 0.05) is 11.3 Å². The van der Waals surface area contributed by atoms with Gasteiger partial charge in [-0.25, -0.2) is 0 Å². The first-order chi connectivity index (χ1) is 15.4. The Hall–Kier alpha value is -3.05. The molecular formula is C27H34N3O2+. The van der Waals surface area contributed by atoms with Crippen LogP contribution < -0.4 is 15.1 Å². The maximum atomic E-state index is 12.8. The molecule has 1 fully saturated rings. The summed E-state index contributed by atoms with van der Waals surface area (Å²) in [5.74, 6) is 0.890. The number of nitrogens with zero attached hydrogens (tertiary/aromatic N) is 1. The molecular weight excluding hydrogens is 398 g/mol. The van der Waals surface area contributed by atoms with Gasteiger partial charge in [0.1, 0.15) is 0 Å². The maximum absolute atomic E-state index is 12.8. The fourth-order valence-electron chi connectivity index (χ4n) is 4.39. The highest BCUT2D eigenvalue weighted by Crippen LogP contribution is 2.22. The third-order valence-corrected chi connectivity index (χ3v) is 6.39. The zero-order valence-electron chi connectivity index (χ0n) is 19.3. The average Bonchev–Trinajstić information content (AvgIpc) is 3.34. The van der Waals surface area contributed by atoms with E-state index in [4.69, 9.17) is 4.42 Å². The number of nitrogens with one attached hydrogen (secondary N) is 2. The number of hydrogen-bond acceptors (Lipinski definition) is 3. The van der Waals surface area contributed by atoms with Crippen LogP contribution in [0.2, 0.25) is 0 Å². The molecule has 5 nitrogen and oxygen atoms in total. The van der Waals surface area contributed by atoms with Crippen molar-refractivity contribution in [1.82, 2.24) is 5.32 Å². The van der Waals surface area contributed by atoms with E-state index in [1.54, 1.807) is 6.26 Å². The van der Waals surface area contributed by atoms with Crippen molar-refractivity contribution in [2.45, 2.75) is 32.2 Å². The lowest BCUT2D eigenvalue weighted by atomic mass is 9.87. The van der Waals surface area contributed by atoms with Gasteiger partial charge in [0.2, 0.25) is 0 Å². The van der Waals surface area contributed by atoms with Gasteiger partial charge in [0.25, 0.3) is 5.91 Å². The van der Waals surface area contributed by atoms with Crippen LogP contribution in [0.3, 0.4) is 0 Å². The molecule has 0 aliphatic carbocycles. The fraction of sp³-hybridized carbons (Fsp3) is 0.370. The van der Waals surface area contributed by atoms with Crippen molar-refractivity contribution in [3.8, 4) is 0 Å². The molecule has 1 aliphatic heterocycles. The van der Waals surface area contributed by atoms with E-state index in [-0.39, 0.29) is 17.4 Å². The lowest BCUT2D eigenvalue weighted by molar-refractivity contribution is -0.932. The molecule has 32 heavy (non-hydrogen) atoms. The summed E-state index contributed by atoms with van der Waals surface area (Å²) in [6.07, 6.45) is 1.72. The van der Waals surface area contributed by atoms with Crippen LogP contribution >= 0.6 is 0 Å². The van der Waals surface area contributed by atoms with Crippen LogP contribution in [0.4, 0.5) is 5.69 Å². The minimum absolute atomic E-state index is 0.0377. The van der Waals surface area contributed by atoms with Crippen LogP contribution in [0, 0.1) is 0 Å². The highest BCUT2D eigenvalue weighted by molar-refractivity contribution is 5.94. The summed E-state index contributed by atoms with van der Waals surface area (Å²) in [5, 5.41) is 3.15. The van der Waals surface area contributed by atoms with E-state index >= 15 is 0 Å². The zero-order valence-corrected chi connectivity index (χ0v) is 19.3. The van der Waals surface area contributed by atoms with Crippen LogP contribution in [0.1, 0.15) is 48.5 Å². The summed E-state index contributed by atoms with van der Waals surface area (Å²) in [6.45, 7) is 11.0. The quantitative estimate of drug-likeness (QED) is 0.627. The van der Waals surface area contributed by atoms with Gasteiger partial charge in [-0.1, -0.05) is 51.1 Å². The molecule has 5 heteroatoms. The van der Waals surface area contributed by atoms with Crippen molar-refractivity contribution in [3.05, 3.63) is 89.9 Å². The van der Waals surface area contributed by atoms with E-state index in [9.17, 15) is 4.79 Å². The standard InChI is InChI=1S/C27H33N3O2/c1-27(2,3)22-13-11-21(12-14-22)26(31)28-20-24(25-10-7-19-32-25)30-17-15-29(16-18-30)23-8-5-4-6-9-23/h4-14,19,24H,15-18,20H2,1-3H3,(H,28,31)/p+1/t24-/m0/s1. The number of hydrogen-bond donors (Lipinski definition) is 2. The molecule has 1 aromatic heterocycles. The van der Waals surface area contributed by atoms with Crippen molar-refractivity contribution in [1.29, 1.82) is 0 Å². The average molecular weight is 433 g/mol. The number of para-hydroxylation sites is 1. The summed E-state index contributed by atoms with van der Waals surface area (Å²) in [4.78, 5) is 16.7. The second-order valence-corrected chi connectivity index (χ2v) is 9.59. The highest BCUT2D eigenvalue weighted by Gasteiger charge is 2.31. The van der Waals surface area contributed by atoms with Crippen molar-refractivity contribution in [2.24, 2.45) is 0 Å². The van der Waals surface area contributed by atoms with Crippen LogP contribution in [-0.4, -0.2) is 38.6 Å². The minimum Gasteiger partial charge on any atom is -0.463 e. The Labute approximate surface area is 191 Å². The van der Waals surface area contributed by atoms with Gasteiger partial charge in [0.05, 0.1) is 39.0 Å². The Morgan fingerprint density at radius 2 is 1.69 bits per heavy atom. The second kappa shape index (κ2) is 9.61. The molecule has 168 valence electrons. The van der Waals surface area contributed by atoms with E-state index in [2.05, 4.69) is 61.3 Å². The molecule has 2 N–H and O–H groups in total. The maximum Gasteiger partial charge on any atom is 0.251 e. The largest absolute Gasteiger partial charge is 0.463 e. The summed E-state index contributed by atoms with van der Waals surface area (Å²) in [6, 6.07) is 22.5. The number of anilines is 1. The fourth-order valence-corrected chi connectivity index (χ4v) is 4.39. The summed E-state index contributed by atoms with van der Waals surface area (Å²) in [7, 11) is 0. The lowest BCUT2D eigenvalue weighted by Gasteiger charge is -2.37. The van der Waals surface area contributed by atoms with Gasteiger partial charge in [0.15, 0.2) is 11.8 Å². The van der Waals surface area contributed by atoms with E-state index in [0.717, 1.165) is 31.9 Å². The topological polar surface area (TPSA) is 49.9 Å². The van der Waals surface area contributed by atoms with E-state index in [1.165, 1.54) is 16.2 Å². The molecule has 4 rings (SSSR count). The van der Waals surface area contributed by atoms with Crippen molar-refractivity contribution in [3.63, 3.8) is 0 Å². The number of benzene rings is 2. The Balaban J connectivity index is 1.39. The Kier molecular flexibility index (Phi) is 6.66. The number of furan rings is 1. The van der Waals surface area contributed by atoms with E-state index in [0.29, 0.717) is 12.1 Å². The molecule has 0 bridgehead atoms.